The molecule has 0 bridgehead atoms. The molecule has 0 heterocycles. The number of hydrogen-bond acceptors (Lipinski definition) is 0. The molecule has 0 nitrogen and oxygen atoms in total. The molecule has 10 heavy (non-hydrogen) atoms. The molecule has 0 amide bonds. The summed E-state index contributed by atoms with van der Waals surface area (Å²) in [5.74, 6) is -0.220. The number of rotatable bonds is 1. The molecule has 0 saturated heterocycles. The van der Waals surface area contributed by atoms with Crippen LogP contribution in [0.15, 0.2) is 18.2 Å². The van der Waals surface area contributed by atoms with Crippen LogP contribution >= 0.6 is 34.2 Å². The van der Waals surface area contributed by atoms with Crippen LogP contribution in [0.5, 0.6) is 0 Å². The molecule has 0 fully saturated rings. The van der Waals surface area contributed by atoms with Crippen molar-refractivity contribution in [3.63, 3.8) is 0 Å². The van der Waals surface area contributed by atoms with Gasteiger partial charge in [-0.2, -0.15) is 0 Å². The molecular formula is C7H5ClFI. The van der Waals surface area contributed by atoms with Gasteiger partial charge in [0.15, 0.2) is 0 Å². The second kappa shape index (κ2) is 3.53. The van der Waals surface area contributed by atoms with E-state index in [4.69, 9.17) is 11.6 Å². The maximum absolute atomic E-state index is 12.8. The van der Waals surface area contributed by atoms with Gasteiger partial charge in [-0.05, 0) is 17.7 Å². The van der Waals surface area contributed by atoms with Crippen molar-refractivity contribution in [1.82, 2.24) is 0 Å². The third-order valence-corrected chi connectivity index (χ3v) is 2.22. The lowest BCUT2D eigenvalue weighted by Crippen LogP contribution is -1.83. The van der Waals surface area contributed by atoms with Crippen LogP contribution in [0, 0.1) is 5.82 Å². The van der Waals surface area contributed by atoms with E-state index in [0.717, 1.165) is 0 Å². The molecule has 0 unspecified atom stereocenters. The molecule has 0 N–H and O–H groups in total. The zero-order valence-electron chi connectivity index (χ0n) is 5.07. The van der Waals surface area contributed by atoms with Gasteiger partial charge in [0.2, 0.25) is 0 Å². The van der Waals surface area contributed by atoms with Gasteiger partial charge in [0, 0.05) is 9.45 Å². The largest absolute Gasteiger partial charge is 0.207 e. The zero-order valence-corrected chi connectivity index (χ0v) is 7.99. The number of alkyl halides is 1. The van der Waals surface area contributed by atoms with Gasteiger partial charge in [-0.1, -0.05) is 40.3 Å². The van der Waals surface area contributed by atoms with Crippen molar-refractivity contribution >= 4 is 34.2 Å². The van der Waals surface area contributed by atoms with Gasteiger partial charge in [-0.3, -0.25) is 0 Å². The van der Waals surface area contributed by atoms with E-state index in [1.165, 1.54) is 6.07 Å². The lowest BCUT2D eigenvalue weighted by molar-refractivity contribution is 0.618. The molecule has 0 atom stereocenters. The first-order valence-corrected chi connectivity index (χ1v) is 4.64. The lowest BCUT2D eigenvalue weighted by atomic mass is 10.2. The molecule has 0 aromatic heterocycles. The van der Waals surface area contributed by atoms with Crippen LogP contribution in [0.2, 0.25) is 5.02 Å². The summed E-state index contributed by atoms with van der Waals surface area (Å²) in [6.07, 6.45) is 0. The quantitative estimate of drug-likeness (QED) is 0.542. The second-order valence-corrected chi connectivity index (χ2v) is 3.07. The Balaban J connectivity index is 3.07. The molecule has 1 aromatic rings. The predicted molar refractivity (Wildman–Crippen MR) is 49.1 cm³/mol. The monoisotopic (exact) mass is 270 g/mol. The first kappa shape index (κ1) is 8.27. The molecule has 0 radical (unpaired) electrons. The Morgan fingerprint density at radius 2 is 2.20 bits per heavy atom. The average Bonchev–Trinajstić information content (AvgIpc) is 1.88. The highest BCUT2D eigenvalue weighted by atomic mass is 127. The molecule has 0 aliphatic rings. The summed E-state index contributed by atoms with van der Waals surface area (Å²) in [5, 5.41) is 0.450. The van der Waals surface area contributed by atoms with Crippen molar-refractivity contribution in [2.75, 3.05) is 0 Å². The second-order valence-electron chi connectivity index (χ2n) is 1.87. The Labute approximate surface area is 77.5 Å². The Bertz CT molecular complexity index is 237. The van der Waals surface area contributed by atoms with Gasteiger partial charge >= 0.3 is 0 Å². The Morgan fingerprint density at radius 1 is 1.50 bits per heavy atom. The smallest absolute Gasteiger partial charge is 0.128 e. The summed E-state index contributed by atoms with van der Waals surface area (Å²) < 4.78 is 13.4. The van der Waals surface area contributed by atoms with Crippen molar-refractivity contribution in [3.05, 3.63) is 34.6 Å². The summed E-state index contributed by atoms with van der Waals surface area (Å²) in [6.45, 7) is 0. The Morgan fingerprint density at radius 3 is 2.70 bits per heavy atom. The SMILES string of the molecule is Fc1cc(Cl)ccc1CI. The van der Waals surface area contributed by atoms with E-state index in [0.29, 0.717) is 15.0 Å². The molecule has 1 aromatic carbocycles. The third-order valence-electron chi connectivity index (χ3n) is 1.16. The van der Waals surface area contributed by atoms with Crippen LogP contribution in [0.1, 0.15) is 5.56 Å². The Kier molecular flexibility index (Phi) is 2.92. The van der Waals surface area contributed by atoms with E-state index < -0.39 is 0 Å². The minimum Gasteiger partial charge on any atom is -0.207 e. The van der Waals surface area contributed by atoms with Crippen LogP contribution < -0.4 is 0 Å². The molecule has 0 aliphatic heterocycles. The molecule has 0 spiro atoms. The van der Waals surface area contributed by atoms with E-state index >= 15 is 0 Å². The molecule has 0 aliphatic carbocycles. The van der Waals surface area contributed by atoms with E-state index in [2.05, 4.69) is 22.6 Å². The molecule has 3 heteroatoms. The van der Waals surface area contributed by atoms with Crippen LogP contribution in [0.4, 0.5) is 4.39 Å². The Hall–Kier alpha value is 0.170. The first-order valence-electron chi connectivity index (χ1n) is 2.74. The van der Waals surface area contributed by atoms with Crippen LogP contribution in [0.25, 0.3) is 0 Å². The fourth-order valence-corrected chi connectivity index (χ4v) is 1.41. The average molecular weight is 270 g/mol. The van der Waals surface area contributed by atoms with Gasteiger partial charge in [0.1, 0.15) is 5.82 Å². The zero-order chi connectivity index (χ0) is 7.56. The highest BCUT2D eigenvalue weighted by molar-refractivity contribution is 14.1. The van der Waals surface area contributed by atoms with Crippen LogP contribution in [-0.4, -0.2) is 0 Å². The molecular weight excluding hydrogens is 265 g/mol. The standard InChI is InChI=1S/C7H5ClFI/c8-6-2-1-5(4-10)7(9)3-6/h1-3H,4H2. The topological polar surface area (TPSA) is 0 Å². The van der Waals surface area contributed by atoms with E-state index in [1.807, 2.05) is 0 Å². The van der Waals surface area contributed by atoms with Crippen molar-refractivity contribution in [1.29, 1.82) is 0 Å². The van der Waals surface area contributed by atoms with Gasteiger partial charge < -0.3 is 0 Å². The van der Waals surface area contributed by atoms with Crippen molar-refractivity contribution < 1.29 is 4.39 Å². The molecule has 1 rings (SSSR count). The summed E-state index contributed by atoms with van der Waals surface area (Å²) in [5.41, 5.74) is 0.699. The summed E-state index contributed by atoms with van der Waals surface area (Å²) in [4.78, 5) is 0. The lowest BCUT2D eigenvalue weighted by Gasteiger charge is -1.96. The molecule has 54 valence electrons. The fourth-order valence-electron chi connectivity index (χ4n) is 0.630. The van der Waals surface area contributed by atoms with E-state index in [1.54, 1.807) is 12.1 Å². The number of halogens is 3. The summed E-state index contributed by atoms with van der Waals surface area (Å²) in [6, 6.07) is 4.72. The highest BCUT2D eigenvalue weighted by Gasteiger charge is 1.99. The summed E-state index contributed by atoms with van der Waals surface area (Å²) in [7, 11) is 0. The normalized spacial score (nSPS) is 9.90. The van der Waals surface area contributed by atoms with E-state index in [9.17, 15) is 4.39 Å². The highest BCUT2D eigenvalue weighted by Crippen LogP contribution is 2.16. The van der Waals surface area contributed by atoms with Gasteiger partial charge in [-0.15, -0.1) is 0 Å². The minimum atomic E-state index is -0.220. The summed E-state index contributed by atoms with van der Waals surface area (Å²) >= 11 is 7.64. The van der Waals surface area contributed by atoms with Crippen molar-refractivity contribution in [2.45, 2.75) is 4.43 Å². The maximum Gasteiger partial charge on any atom is 0.128 e. The van der Waals surface area contributed by atoms with Crippen molar-refractivity contribution in [2.24, 2.45) is 0 Å². The predicted octanol–water partition coefficient (Wildman–Crippen LogP) is 3.41. The number of hydrogen-bond donors (Lipinski definition) is 0. The molecule has 0 saturated carbocycles. The van der Waals surface area contributed by atoms with Gasteiger partial charge in [0.25, 0.3) is 0 Å². The first-order chi connectivity index (χ1) is 4.74. The van der Waals surface area contributed by atoms with E-state index in [-0.39, 0.29) is 5.82 Å². The van der Waals surface area contributed by atoms with Gasteiger partial charge in [0.05, 0.1) is 0 Å². The third kappa shape index (κ3) is 1.83. The van der Waals surface area contributed by atoms with Crippen LogP contribution in [-0.2, 0) is 4.43 Å². The fraction of sp³-hybridized carbons (Fsp3) is 0.143. The maximum atomic E-state index is 12.8. The van der Waals surface area contributed by atoms with Crippen LogP contribution in [0.3, 0.4) is 0 Å². The number of benzene rings is 1. The minimum absolute atomic E-state index is 0.220. The van der Waals surface area contributed by atoms with Crippen molar-refractivity contribution in [3.8, 4) is 0 Å². The van der Waals surface area contributed by atoms with Gasteiger partial charge in [-0.25, -0.2) is 4.39 Å².